The first kappa shape index (κ1) is 17.0. The van der Waals surface area contributed by atoms with Crippen molar-refractivity contribution in [3.05, 3.63) is 0 Å². The molecule has 0 unspecified atom stereocenters. The maximum Gasteiger partial charge on any atom is 0.308 e. The third-order valence-corrected chi connectivity index (χ3v) is 3.84. The summed E-state index contributed by atoms with van der Waals surface area (Å²) in [5.74, 6) is 0.852. The van der Waals surface area contributed by atoms with Gasteiger partial charge in [-0.1, -0.05) is 26.2 Å². The smallest absolute Gasteiger partial charge is 0.308 e. The second-order valence-electron chi connectivity index (χ2n) is 5.56. The van der Waals surface area contributed by atoms with Crippen LogP contribution in [-0.2, 0) is 14.3 Å². The third kappa shape index (κ3) is 6.40. The molecule has 4 nitrogen and oxygen atoms in total. The lowest BCUT2D eigenvalue weighted by atomic mass is 10.00. The van der Waals surface area contributed by atoms with Crippen molar-refractivity contribution >= 4 is 11.9 Å². The zero-order valence-electron chi connectivity index (χ0n) is 13.2. The van der Waals surface area contributed by atoms with Crippen molar-refractivity contribution in [2.24, 2.45) is 10.9 Å². The number of aliphatic imine (C=N–C) groups is 1. The lowest BCUT2D eigenvalue weighted by molar-refractivity contribution is -0.145. The Morgan fingerprint density at radius 2 is 2.20 bits per heavy atom. The predicted octanol–water partition coefficient (Wildman–Crippen LogP) is 3.73. The van der Waals surface area contributed by atoms with E-state index in [1.165, 1.54) is 26.4 Å². The van der Waals surface area contributed by atoms with Crippen LogP contribution in [0.4, 0.5) is 0 Å². The van der Waals surface area contributed by atoms with Gasteiger partial charge in [-0.25, -0.2) is 0 Å². The summed E-state index contributed by atoms with van der Waals surface area (Å²) in [4.78, 5) is 16.0. The van der Waals surface area contributed by atoms with Crippen LogP contribution >= 0.6 is 0 Å². The highest BCUT2D eigenvalue weighted by atomic mass is 16.5. The van der Waals surface area contributed by atoms with Crippen LogP contribution in [0.5, 0.6) is 0 Å². The van der Waals surface area contributed by atoms with Crippen molar-refractivity contribution in [3.63, 3.8) is 0 Å². The predicted molar refractivity (Wildman–Crippen MR) is 81.0 cm³/mol. The van der Waals surface area contributed by atoms with Gasteiger partial charge in [0.25, 0.3) is 0 Å². The van der Waals surface area contributed by atoms with Gasteiger partial charge in [-0.3, -0.25) is 9.79 Å². The standard InChI is InChI=1S/C16H29NO3/c1-4-20-15-12-8-7-11-14(17-15)10-6-5-9-13(2)16(18)19-3/h13-14H,4-12H2,1-3H3/t13-,14+/m1/s1. The maximum absolute atomic E-state index is 11.3. The van der Waals surface area contributed by atoms with Crippen molar-refractivity contribution in [2.75, 3.05) is 13.7 Å². The Labute approximate surface area is 122 Å². The summed E-state index contributed by atoms with van der Waals surface area (Å²) < 4.78 is 10.3. The van der Waals surface area contributed by atoms with Crippen LogP contribution in [0.15, 0.2) is 4.99 Å². The van der Waals surface area contributed by atoms with E-state index in [0.717, 1.165) is 38.0 Å². The van der Waals surface area contributed by atoms with Crippen LogP contribution in [0.25, 0.3) is 0 Å². The van der Waals surface area contributed by atoms with Gasteiger partial charge >= 0.3 is 5.97 Å². The Morgan fingerprint density at radius 1 is 1.40 bits per heavy atom. The monoisotopic (exact) mass is 283 g/mol. The molecule has 0 N–H and O–H groups in total. The molecule has 1 heterocycles. The van der Waals surface area contributed by atoms with Crippen LogP contribution in [0.1, 0.15) is 65.2 Å². The molecule has 116 valence electrons. The maximum atomic E-state index is 11.3. The lowest BCUT2D eigenvalue weighted by Gasteiger charge is -2.13. The van der Waals surface area contributed by atoms with Crippen LogP contribution in [0.2, 0.25) is 0 Å². The summed E-state index contributed by atoms with van der Waals surface area (Å²) in [5.41, 5.74) is 0. The number of rotatable bonds is 7. The van der Waals surface area contributed by atoms with E-state index in [2.05, 4.69) is 0 Å². The average Bonchev–Trinajstić information content (AvgIpc) is 2.68. The fourth-order valence-corrected chi connectivity index (χ4v) is 2.62. The number of carbonyl (C=O) groups excluding carboxylic acids is 1. The van der Waals surface area contributed by atoms with Gasteiger partial charge in [-0.2, -0.15) is 0 Å². The van der Waals surface area contributed by atoms with Gasteiger partial charge in [0.15, 0.2) is 5.90 Å². The van der Waals surface area contributed by atoms with Crippen LogP contribution in [0.3, 0.4) is 0 Å². The summed E-state index contributed by atoms with van der Waals surface area (Å²) in [6, 6.07) is 0.410. The second-order valence-corrected chi connectivity index (χ2v) is 5.56. The molecule has 2 atom stereocenters. The highest BCUT2D eigenvalue weighted by Gasteiger charge is 2.15. The van der Waals surface area contributed by atoms with Gasteiger partial charge in [-0.15, -0.1) is 0 Å². The molecule has 4 heteroatoms. The number of unbranched alkanes of at least 4 members (excludes halogenated alkanes) is 1. The minimum Gasteiger partial charge on any atom is -0.481 e. The number of methoxy groups -OCH3 is 1. The summed E-state index contributed by atoms with van der Waals surface area (Å²) in [6.45, 7) is 4.65. The van der Waals surface area contributed by atoms with Gasteiger partial charge in [0, 0.05) is 6.42 Å². The number of hydrogen-bond donors (Lipinski definition) is 0. The molecule has 0 bridgehead atoms. The molecule has 0 saturated heterocycles. The normalized spacial score (nSPS) is 20.8. The largest absolute Gasteiger partial charge is 0.481 e. The number of carbonyl (C=O) groups is 1. The van der Waals surface area contributed by atoms with Crippen molar-refractivity contribution in [3.8, 4) is 0 Å². The van der Waals surface area contributed by atoms with Crippen molar-refractivity contribution in [2.45, 2.75) is 71.3 Å². The van der Waals surface area contributed by atoms with E-state index in [9.17, 15) is 4.79 Å². The van der Waals surface area contributed by atoms with Gasteiger partial charge in [0.1, 0.15) is 0 Å². The van der Waals surface area contributed by atoms with E-state index < -0.39 is 0 Å². The van der Waals surface area contributed by atoms with E-state index in [-0.39, 0.29) is 11.9 Å². The van der Waals surface area contributed by atoms with Crippen molar-refractivity contribution in [1.29, 1.82) is 0 Å². The molecule has 1 rings (SSSR count). The molecular weight excluding hydrogens is 254 g/mol. The van der Waals surface area contributed by atoms with E-state index >= 15 is 0 Å². The number of ether oxygens (including phenoxy) is 2. The molecule has 0 fully saturated rings. The van der Waals surface area contributed by atoms with Crippen LogP contribution < -0.4 is 0 Å². The highest BCUT2D eigenvalue weighted by molar-refractivity contribution is 5.76. The van der Waals surface area contributed by atoms with Gasteiger partial charge in [-0.05, 0) is 32.6 Å². The Morgan fingerprint density at radius 3 is 2.90 bits per heavy atom. The Kier molecular flexibility index (Phi) is 8.31. The van der Waals surface area contributed by atoms with E-state index in [1.807, 2.05) is 13.8 Å². The molecule has 0 saturated carbocycles. The minimum atomic E-state index is -0.101. The minimum absolute atomic E-state index is 0.0108. The zero-order valence-corrected chi connectivity index (χ0v) is 13.2. The lowest BCUT2D eigenvalue weighted by Crippen LogP contribution is -2.13. The van der Waals surface area contributed by atoms with E-state index in [4.69, 9.17) is 14.5 Å². The fourth-order valence-electron chi connectivity index (χ4n) is 2.62. The van der Waals surface area contributed by atoms with Crippen LogP contribution in [-0.4, -0.2) is 31.6 Å². The molecule has 0 spiro atoms. The summed E-state index contributed by atoms with van der Waals surface area (Å²) in [7, 11) is 1.45. The van der Waals surface area contributed by atoms with E-state index in [0.29, 0.717) is 12.6 Å². The second kappa shape index (κ2) is 9.78. The SMILES string of the molecule is CCOC1=N[C@@H](CCCC[C@@H](C)C(=O)OC)CCCC1. The number of nitrogens with zero attached hydrogens (tertiary/aromatic N) is 1. The first-order chi connectivity index (χ1) is 9.67. The molecule has 1 aliphatic heterocycles. The third-order valence-electron chi connectivity index (χ3n) is 3.84. The van der Waals surface area contributed by atoms with Crippen molar-refractivity contribution in [1.82, 2.24) is 0 Å². The fraction of sp³-hybridized carbons (Fsp3) is 0.875. The number of hydrogen-bond acceptors (Lipinski definition) is 4. The van der Waals surface area contributed by atoms with Gasteiger partial charge in [0.2, 0.25) is 0 Å². The highest BCUT2D eigenvalue weighted by Crippen LogP contribution is 2.20. The molecule has 20 heavy (non-hydrogen) atoms. The molecule has 0 amide bonds. The number of esters is 1. The Hall–Kier alpha value is -1.06. The Bertz CT molecular complexity index is 315. The van der Waals surface area contributed by atoms with Gasteiger partial charge < -0.3 is 9.47 Å². The molecule has 0 aromatic carbocycles. The first-order valence-corrected chi connectivity index (χ1v) is 7.94. The molecule has 0 radical (unpaired) electrons. The Balaban J connectivity index is 2.26. The zero-order chi connectivity index (χ0) is 14.8. The molecule has 1 aliphatic rings. The molecular formula is C16H29NO3. The van der Waals surface area contributed by atoms with E-state index in [1.54, 1.807) is 0 Å². The summed E-state index contributed by atoms with van der Waals surface area (Å²) >= 11 is 0. The topological polar surface area (TPSA) is 47.9 Å². The van der Waals surface area contributed by atoms with Crippen LogP contribution in [0, 0.1) is 5.92 Å². The summed E-state index contributed by atoms with van der Waals surface area (Å²) in [6.07, 6.45) is 8.78. The molecule has 0 aromatic rings. The average molecular weight is 283 g/mol. The summed E-state index contributed by atoms with van der Waals surface area (Å²) in [5, 5.41) is 0. The van der Waals surface area contributed by atoms with Crippen molar-refractivity contribution < 1.29 is 14.3 Å². The van der Waals surface area contributed by atoms with Gasteiger partial charge in [0.05, 0.1) is 25.7 Å². The quantitative estimate of drug-likeness (QED) is 0.528. The first-order valence-electron chi connectivity index (χ1n) is 7.94. The molecule has 0 aliphatic carbocycles. The molecule has 0 aromatic heterocycles.